The number of benzene rings is 3. The van der Waals surface area contributed by atoms with E-state index in [2.05, 4.69) is 71.1 Å². The molecule has 0 aliphatic heterocycles. The third kappa shape index (κ3) is 4.66. The Labute approximate surface area is 200 Å². The minimum atomic E-state index is -1.13. The Morgan fingerprint density at radius 3 is 2.29 bits per heavy atom. The molecule has 4 heteroatoms. The molecule has 2 unspecified atom stereocenters. The number of hydrogen-bond acceptors (Lipinski definition) is 1. The molecule has 3 aromatic carbocycles. The van der Waals surface area contributed by atoms with Gasteiger partial charge in [0.25, 0.3) is 0 Å². The summed E-state index contributed by atoms with van der Waals surface area (Å²) in [4.78, 5) is 1.41. The summed E-state index contributed by atoms with van der Waals surface area (Å²) in [6.45, 7) is 0. The summed E-state index contributed by atoms with van der Waals surface area (Å²) >= 11 is 10.3. The van der Waals surface area contributed by atoms with Crippen molar-refractivity contribution in [2.45, 2.75) is 29.3 Å². The Hall–Kier alpha value is -1.52. The van der Waals surface area contributed by atoms with Gasteiger partial charge < -0.3 is 5.11 Å². The summed E-state index contributed by atoms with van der Waals surface area (Å²) in [6.07, 6.45) is 10.5. The molecule has 1 nitrogen and oxygen atoms in total. The van der Waals surface area contributed by atoms with Crippen LogP contribution < -0.4 is 0 Å². The number of aliphatic hydroxyl groups is 1. The molecule has 4 rings (SSSR count). The lowest BCUT2D eigenvalue weighted by Crippen LogP contribution is -2.30. The fourth-order valence-corrected chi connectivity index (χ4v) is 6.89. The second-order valence-electron chi connectivity index (χ2n) is 9.03. The van der Waals surface area contributed by atoms with Crippen LogP contribution in [0.4, 0.5) is 0 Å². The molecule has 0 fully saturated rings. The summed E-state index contributed by atoms with van der Waals surface area (Å²) < 4.78 is 1.04. The van der Waals surface area contributed by atoms with Crippen LogP contribution in [0.15, 0.2) is 88.2 Å². The highest BCUT2D eigenvalue weighted by Gasteiger charge is 2.38. The monoisotopic (exact) mass is 514 g/mol. The van der Waals surface area contributed by atoms with Gasteiger partial charge in [-0.15, -0.1) is 0 Å². The Morgan fingerprint density at radius 1 is 0.935 bits per heavy atom. The molecular formula is C27H28BrClOS. The first-order valence-electron chi connectivity index (χ1n) is 10.4. The fourth-order valence-electron chi connectivity index (χ4n) is 4.62. The topological polar surface area (TPSA) is 20.2 Å². The average Bonchev–Trinajstić information content (AvgIpc) is 2.73. The van der Waals surface area contributed by atoms with Gasteiger partial charge in [0.15, 0.2) is 0 Å². The van der Waals surface area contributed by atoms with Gasteiger partial charge in [-0.25, -0.2) is 10.0 Å². The standard InChI is InChI=1S/C27H28BrClOS/c1-31(2,3)26-15-9-5-11-22(26)20-16-19(21-10-4-7-13-24(21)28)17-27(30,18-20)23-12-6-8-14-25(23)29/h4-15,17,20,30H,16,18H2,1-3H3. The van der Waals surface area contributed by atoms with Crippen molar-refractivity contribution in [1.29, 1.82) is 0 Å². The molecule has 3 aromatic rings. The van der Waals surface area contributed by atoms with Crippen molar-refractivity contribution in [3.8, 4) is 0 Å². The van der Waals surface area contributed by atoms with Crippen LogP contribution in [-0.2, 0) is 5.60 Å². The van der Waals surface area contributed by atoms with Gasteiger partial charge >= 0.3 is 0 Å². The molecule has 1 N–H and O–H groups in total. The van der Waals surface area contributed by atoms with Crippen molar-refractivity contribution >= 4 is 43.1 Å². The van der Waals surface area contributed by atoms with Gasteiger partial charge in [0.05, 0.1) is 0 Å². The van der Waals surface area contributed by atoms with Gasteiger partial charge in [0, 0.05) is 15.1 Å². The predicted octanol–water partition coefficient (Wildman–Crippen LogP) is 8.00. The molecule has 0 radical (unpaired) electrons. The quantitative estimate of drug-likeness (QED) is 0.373. The van der Waals surface area contributed by atoms with E-state index in [0.717, 1.165) is 27.6 Å². The Kier molecular flexibility index (Phi) is 6.42. The van der Waals surface area contributed by atoms with E-state index in [1.54, 1.807) is 0 Å². The molecule has 162 valence electrons. The molecule has 31 heavy (non-hydrogen) atoms. The molecule has 1 aliphatic carbocycles. The van der Waals surface area contributed by atoms with Crippen LogP contribution in [0.3, 0.4) is 0 Å². The number of rotatable bonds is 4. The van der Waals surface area contributed by atoms with Crippen LogP contribution in [0.1, 0.15) is 35.4 Å². The van der Waals surface area contributed by atoms with Crippen LogP contribution in [0.2, 0.25) is 5.02 Å². The zero-order chi connectivity index (χ0) is 22.2. The number of hydrogen-bond donors (Lipinski definition) is 1. The highest BCUT2D eigenvalue weighted by molar-refractivity contribution is 9.10. The summed E-state index contributed by atoms with van der Waals surface area (Å²) in [5.41, 5.74) is 3.24. The zero-order valence-corrected chi connectivity index (χ0v) is 21.3. The maximum Gasteiger partial charge on any atom is 0.110 e. The fraction of sp³-hybridized carbons (Fsp3) is 0.259. The maximum absolute atomic E-state index is 12.0. The highest BCUT2D eigenvalue weighted by Crippen LogP contribution is 2.54. The Bertz CT molecular complexity index is 1130. The lowest BCUT2D eigenvalue weighted by atomic mass is 9.72. The smallest absolute Gasteiger partial charge is 0.110 e. The van der Waals surface area contributed by atoms with Crippen molar-refractivity contribution in [2.75, 3.05) is 18.8 Å². The highest BCUT2D eigenvalue weighted by atomic mass is 79.9. The number of allylic oxidation sites excluding steroid dienone is 1. The van der Waals surface area contributed by atoms with E-state index < -0.39 is 15.6 Å². The van der Waals surface area contributed by atoms with Crippen LogP contribution in [0, 0.1) is 0 Å². The van der Waals surface area contributed by atoms with Crippen molar-refractivity contribution < 1.29 is 5.11 Å². The van der Waals surface area contributed by atoms with E-state index in [0.29, 0.717) is 11.4 Å². The van der Waals surface area contributed by atoms with E-state index >= 15 is 0 Å². The predicted molar refractivity (Wildman–Crippen MR) is 140 cm³/mol. The summed E-state index contributed by atoms with van der Waals surface area (Å²) in [7, 11) is -0.920. The van der Waals surface area contributed by atoms with Gasteiger partial charge in [0.2, 0.25) is 0 Å². The van der Waals surface area contributed by atoms with Crippen LogP contribution in [-0.4, -0.2) is 23.9 Å². The summed E-state index contributed by atoms with van der Waals surface area (Å²) in [5.74, 6) is 0.191. The van der Waals surface area contributed by atoms with Crippen molar-refractivity contribution in [1.82, 2.24) is 0 Å². The van der Waals surface area contributed by atoms with Crippen LogP contribution in [0.25, 0.3) is 5.57 Å². The third-order valence-corrected chi connectivity index (χ3v) is 8.73. The van der Waals surface area contributed by atoms with Crippen LogP contribution in [0.5, 0.6) is 0 Å². The molecule has 0 spiro atoms. The van der Waals surface area contributed by atoms with E-state index in [1.807, 2.05) is 42.5 Å². The van der Waals surface area contributed by atoms with Gasteiger partial charge in [-0.05, 0) is 83.4 Å². The van der Waals surface area contributed by atoms with E-state index in [1.165, 1.54) is 10.5 Å². The second kappa shape index (κ2) is 8.78. The minimum absolute atomic E-state index is 0.191. The van der Waals surface area contributed by atoms with Crippen molar-refractivity contribution in [3.05, 3.63) is 105 Å². The average molecular weight is 516 g/mol. The SMILES string of the molecule is CS(C)(C)c1ccccc1C1CC(c2ccccc2Br)=CC(O)(c2ccccc2Cl)C1. The minimum Gasteiger partial charge on any atom is -0.381 e. The normalized spacial score (nSPS) is 22.1. The van der Waals surface area contributed by atoms with Gasteiger partial charge in [0.1, 0.15) is 5.60 Å². The first-order chi connectivity index (χ1) is 14.7. The van der Waals surface area contributed by atoms with Gasteiger partial charge in [-0.2, -0.15) is 0 Å². The molecular weight excluding hydrogens is 488 g/mol. The van der Waals surface area contributed by atoms with Gasteiger partial charge in [-0.3, -0.25) is 0 Å². The molecule has 0 heterocycles. The molecule has 2 atom stereocenters. The summed E-state index contributed by atoms with van der Waals surface area (Å²) in [6, 6.07) is 24.7. The molecule has 0 saturated carbocycles. The van der Waals surface area contributed by atoms with Crippen molar-refractivity contribution in [3.63, 3.8) is 0 Å². The first kappa shape index (κ1) is 22.7. The molecule has 0 aromatic heterocycles. The lowest BCUT2D eigenvalue weighted by Gasteiger charge is -2.39. The molecule has 0 bridgehead atoms. The zero-order valence-electron chi connectivity index (χ0n) is 18.1. The van der Waals surface area contributed by atoms with E-state index in [4.69, 9.17) is 11.6 Å². The lowest BCUT2D eigenvalue weighted by molar-refractivity contribution is 0.0670. The Balaban J connectivity index is 1.89. The molecule has 0 saturated heterocycles. The summed E-state index contributed by atoms with van der Waals surface area (Å²) in [5, 5.41) is 12.6. The van der Waals surface area contributed by atoms with E-state index in [9.17, 15) is 5.11 Å². The molecule has 1 aliphatic rings. The Morgan fingerprint density at radius 2 is 1.58 bits per heavy atom. The van der Waals surface area contributed by atoms with Crippen molar-refractivity contribution in [2.24, 2.45) is 0 Å². The number of halogens is 2. The largest absolute Gasteiger partial charge is 0.381 e. The van der Waals surface area contributed by atoms with Crippen LogP contribution >= 0.6 is 37.6 Å². The van der Waals surface area contributed by atoms with Gasteiger partial charge in [-0.1, -0.05) is 82.1 Å². The maximum atomic E-state index is 12.0. The third-order valence-electron chi connectivity index (χ3n) is 6.02. The van der Waals surface area contributed by atoms with E-state index in [-0.39, 0.29) is 5.92 Å². The first-order valence-corrected chi connectivity index (χ1v) is 14.4. The molecule has 0 amide bonds. The second-order valence-corrected chi connectivity index (χ2v) is 14.4.